The Morgan fingerprint density at radius 1 is 0.396 bits per heavy atom. The normalized spacial score (nSPS) is 15.7. The van der Waals surface area contributed by atoms with Crippen molar-refractivity contribution >= 4 is 5.97 Å². The average Bonchev–Trinajstić information content (AvgIpc) is 3.09. The van der Waals surface area contributed by atoms with Crippen molar-refractivity contribution in [3.63, 3.8) is 0 Å². The summed E-state index contributed by atoms with van der Waals surface area (Å²) in [5.74, 6) is 1.05. The van der Waals surface area contributed by atoms with Gasteiger partial charge in [-0.05, 0) is 76.7 Å². The van der Waals surface area contributed by atoms with Gasteiger partial charge in [0, 0.05) is 0 Å². The number of carbonyl (C=O) groups excluding carboxylic acids is 1. The van der Waals surface area contributed by atoms with Crippen LogP contribution in [0.4, 0.5) is 0 Å². The van der Waals surface area contributed by atoms with Crippen LogP contribution in [0.3, 0.4) is 0 Å². The number of rotatable bonds is 38. The van der Waals surface area contributed by atoms with E-state index in [2.05, 4.69) is 44.2 Å². The van der Waals surface area contributed by atoms with E-state index in [9.17, 15) is 4.79 Å². The molecule has 1 atom stereocenters. The SMILES string of the molecule is CCCCCCCCCCC/C=C/CCCCCCCC/C=C1/OC(=O)C1CCCCCCCC/C=C/CCCCCCCCCCC. The van der Waals surface area contributed by atoms with Gasteiger partial charge in [-0.2, -0.15) is 0 Å². The third-order valence-corrected chi connectivity index (χ3v) is 10.4. The molecule has 1 heterocycles. The molecule has 0 amide bonds. The maximum atomic E-state index is 12.0. The van der Waals surface area contributed by atoms with E-state index < -0.39 is 0 Å². The largest absolute Gasteiger partial charge is 0.430 e. The Morgan fingerprint density at radius 3 is 1.02 bits per heavy atom. The van der Waals surface area contributed by atoms with Gasteiger partial charge in [-0.1, -0.05) is 199 Å². The number of carbonyl (C=O) groups is 1. The molecule has 0 spiro atoms. The van der Waals surface area contributed by atoms with Crippen LogP contribution in [0.25, 0.3) is 0 Å². The second-order valence-corrected chi connectivity index (χ2v) is 15.2. The van der Waals surface area contributed by atoms with Gasteiger partial charge in [0.05, 0.1) is 0 Å². The molecule has 0 aromatic rings. The third-order valence-electron chi connectivity index (χ3n) is 10.4. The molecule has 1 aliphatic rings. The third kappa shape index (κ3) is 29.6. The fourth-order valence-electron chi connectivity index (χ4n) is 7.05. The van der Waals surface area contributed by atoms with Crippen LogP contribution in [-0.2, 0) is 9.53 Å². The molecule has 0 radical (unpaired) electrons. The zero-order valence-corrected chi connectivity index (χ0v) is 32.7. The number of unbranched alkanes of at least 4 members (excludes halogenated alkanes) is 31. The predicted molar refractivity (Wildman–Crippen MR) is 214 cm³/mol. The van der Waals surface area contributed by atoms with Crippen LogP contribution in [0.5, 0.6) is 0 Å². The van der Waals surface area contributed by atoms with Crippen LogP contribution >= 0.6 is 0 Å². The van der Waals surface area contributed by atoms with Crippen LogP contribution in [0.1, 0.15) is 245 Å². The van der Waals surface area contributed by atoms with Crippen LogP contribution < -0.4 is 0 Å². The lowest BCUT2D eigenvalue weighted by atomic mass is 9.93. The van der Waals surface area contributed by atoms with Crippen molar-refractivity contribution < 1.29 is 9.53 Å². The first-order valence-electron chi connectivity index (χ1n) is 22.0. The molecular formula is C46H84O2. The highest BCUT2D eigenvalue weighted by Crippen LogP contribution is 2.32. The zero-order valence-electron chi connectivity index (χ0n) is 32.7. The summed E-state index contributed by atoms with van der Waals surface area (Å²) in [6, 6.07) is 0. The predicted octanol–water partition coefficient (Wildman–Crippen LogP) is 16.2. The fourth-order valence-corrected chi connectivity index (χ4v) is 7.05. The maximum Gasteiger partial charge on any atom is 0.321 e. The number of hydrogen-bond acceptors (Lipinski definition) is 2. The number of cyclic esters (lactones) is 1. The molecule has 2 heteroatoms. The fraction of sp³-hybridized carbons (Fsp3) is 0.848. The highest BCUT2D eigenvalue weighted by molar-refractivity contribution is 5.82. The van der Waals surface area contributed by atoms with Crippen LogP contribution in [-0.4, -0.2) is 5.97 Å². The van der Waals surface area contributed by atoms with Crippen molar-refractivity contribution in [1.82, 2.24) is 0 Å². The van der Waals surface area contributed by atoms with Crippen LogP contribution in [0.15, 0.2) is 36.1 Å². The van der Waals surface area contributed by atoms with Crippen LogP contribution in [0.2, 0.25) is 0 Å². The van der Waals surface area contributed by atoms with Gasteiger partial charge in [0.25, 0.3) is 0 Å². The van der Waals surface area contributed by atoms with E-state index in [1.165, 1.54) is 212 Å². The highest BCUT2D eigenvalue weighted by atomic mass is 16.6. The van der Waals surface area contributed by atoms with Crippen molar-refractivity contribution in [3.05, 3.63) is 36.1 Å². The summed E-state index contributed by atoms with van der Waals surface area (Å²) in [7, 11) is 0. The molecule has 2 nitrogen and oxygen atoms in total. The first-order valence-corrected chi connectivity index (χ1v) is 22.0. The lowest BCUT2D eigenvalue weighted by Crippen LogP contribution is -2.32. The van der Waals surface area contributed by atoms with Crippen molar-refractivity contribution in [2.24, 2.45) is 5.92 Å². The number of ether oxygens (including phenoxy) is 1. The molecule has 0 aromatic heterocycles. The number of esters is 1. The minimum Gasteiger partial charge on any atom is -0.430 e. The Morgan fingerprint density at radius 2 is 0.688 bits per heavy atom. The lowest BCUT2D eigenvalue weighted by Gasteiger charge is -2.28. The maximum absolute atomic E-state index is 12.0. The summed E-state index contributed by atoms with van der Waals surface area (Å²) in [6.45, 7) is 4.59. The van der Waals surface area contributed by atoms with Crippen molar-refractivity contribution in [2.75, 3.05) is 0 Å². The highest BCUT2D eigenvalue weighted by Gasteiger charge is 2.36. The molecular weight excluding hydrogens is 585 g/mol. The molecule has 280 valence electrons. The van der Waals surface area contributed by atoms with Crippen LogP contribution in [0, 0.1) is 5.92 Å². The topological polar surface area (TPSA) is 26.3 Å². The lowest BCUT2D eigenvalue weighted by molar-refractivity contribution is -0.157. The number of hydrogen-bond donors (Lipinski definition) is 0. The quantitative estimate of drug-likeness (QED) is 0.0372. The summed E-state index contributed by atoms with van der Waals surface area (Å²) in [4.78, 5) is 12.0. The standard InChI is InChI=1S/C46H84O2/c1-3-5-7-9-11-13-15-17-19-21-23-25-27-29-31-33-35-37-39-41-43-45-44(46(47)48-45)42-40-38-36-34-32-30-28-26-24-22-20-18-16-14-12-10-8-6-4-2/h23-26,43-44H,3-22,27-42H2,1-2H3/b25-23+,26-24+,45-43+. The van der Waals surface area contributed by atoms with E-state index in [1.54, 1.807) is 0 Å². The van der Waals surface area contributed by atoms with E-state index in [1.807, 2.05) is 0 Å². The Labute approximate surface area is 301 Å². The summed E-state index contributed by atoms with van der Waals surface area (Å²) in [6.07, 6.45) is 60.1. The Balaban J connectivity index is 1.83. The molecule has 0 aliphatic carbocycles. The second kappa shape index (κ2) is 37.0. The molecule has 48 heavy (non-hydrogen) atoms. The molecule has 1 unspecified atom stereocenters. The van der Waals surface area contributed by atoms with E-state index in [-0.39, 0.29) is 11.9 Å². The Bertz CT molecular complexity index is 762. The molecule has 1 rings (SSSR count). The van der Waals surface area contributed by atoms with Crippen molar-refractivity contribution in [3.8, 4) is 0 Å². The molecule has 0 saturated carbocycles. The van der Waals surface area contributed by atoms with E-state index in [4.69, 9.17) is 4.74 Å². The summed E-state index contributed by atoms with van der Waals surface area (Å²) >= 11 is 0. The molecule has 0 N–H and O–H groups in total. The van der Waals surface area contributed by atoms with Gasteiger partial charge in [-0.15, -0.1) is 0 Å². The van der Waals surface area contributed by atoms with Gasteiger partial charge in [0.2, 0.25) is 0 Å². The number of allylic oxidation sites excluding steroid dienone is 5. The zero-order chi connectivity index (χ0) is 34.4. The van der Waals surface area contributed by atoms with Crippen molar-refractivity contribution in [2.45, 2.75) is 245 Å². The Kier molecular flexibility index (Phi) is 34.4. The summed E-state index contributed by atoms with van der Waals surface area (Å²) in [5.41, 5.74) is 0. The first kappa shape index (κ1) is 44.7. The van der Waals surface area contributed by atoms with E-state index in [0.29, 0.717) is 0 Å². The monoisotopic (exact) mass is 669 g/mol. The van der Waals surface area contributed by atoms with Gasteiger partial charge in [-0.3, -0.25) is 4.79 Å². The molecule has 0 bridgehead atoms. The van der Waals surface area contributed by atoms with Crippen molar-refractivity contribution in [1.29, 1.82) is 0 Å². The average molecular weight is 669 g/mol. The Hall–Kier alpha value is -1.31. The van der Waals surface area contributed by atoms with Gasteiger partial charge in [0.15, 0.2) is 0 Å². The second-order valence-electron chi connectivity index (χ2n) is 15.2. The van der Waals surface area contributed by atoms with E-state index in [0.717, 1.165) is 25.0 Å². The molecule has 1 fully saturated rings. The summed E-state index contributed by atoms with van der Waals surface area (Å²) < 4.78 is 5.39. The molecule has 1 saturated heterocycles. The van der Waals surface area contributed by atoms with Gasteiger partial charge >= 0.3 is 5.97 Å². The minimum absolute atomic E-state index is 0.0117. The van der Waals surface area contributed by atoms with Gasteiger partial charge in [0.1, 0.15) is 11.7 Å². The van der Waals surface area contributed by atoms with E-state index >= 15 is 0 Å². The summed E-state index contributed by atoms with van der Waals surface area (Å²) in [5, 5.41) is 0. The molecule has 0 aromatic carbocycles. The van der Waals surface area contributed by atoms with Gasteiger partial charge in [-0.25, -0.2) is 0 Å². The minimum atomic E-state index is 0.0117. The van der Waals surface area contributed by atoms with Gasteiger partial charge < -0.3 is 4.74 Å². The molecule has 1 aliphatic heterocycles. The smallest absolute Gasteiger partial charge is 0.321 e. The first-order chi connectivity index (χ1) is 23.8.